The number of alkyl halides is 1. The van der Waals surface area contributed by atoms with Crippen molar-refractivity contribution in [3.8, 4) is 11.5 Å². The van der Waals surface area contributed by atoms with Gasteiger partial charge in [0.15, 0.2) is 11.5 Å². The van der Waals surface area contributed by atoms with Gasteiger partial charge in [-0.25, -0.2) is 0 Å². The highest BCUT2D eigenvalue weighted by molar-refractivity contribution is 6.17. The predicted molar refractivity (Wildman–Crippen MR) is 39.3 cm³/mol. The lowest BCUT2D eigenvalue weighted by molar-refractivity contribution is 0.403. The van der Waals surface area contributed by atoms with Gasteiger partial charge in [-0.05, 0) is 17.7 Å². The van der Waals surface area contributed by atoms with Gasteiger partial charge in [0, 0.05) is 5.88 Å². The zero-order chi connectivity index (χ0) is 7.56. The fourth-order valence-corrected chi connectivity index (χ4v) is 0.818. The summed E-state index contributed by atoms with van der Waals surface area (Å²) < 4.78 is 0. The van der Waals surface area contributed by atoms with E-state index < -0.39 is 0 Å². The number of hydrogen-bond donors (Lipinski definition) is 2. The van der Waals surface area contributed by atoms with E-state index in [1.807, 2.05) is 0 Å². The molecule has 0 fully saturated rings. The third-order valence-electron chi connectivity index (χ3n) is 1.19. The Balaban J connectivity index is 3.04. The summed E-state index contributed by atoms with van der Waals surface area (Å²) in [7, 11) is 0. The van der Waals surface area contributed by atoms with Gasteiger partial charge in [-0.3, -0.25) is 0 Å². The van der Waals surface area contributed by atoms with E-state index in [9.17, 15) is 0 Å². The predicted octanol–water partition coefficient (Wildman–Crippen LogP) is 1.84. The summed E-state index contributed by atoms with van der Waals surface area (Å²) in [5.74, 6) is 0.0976. The Kier molecular flexibility index (Phi) is 2.02. The second-order valence-corrected chi connectivity index (χ2v) is 2.22. The first kappa shape index (κ1) is 7.22. The highest BCUT2D eigenvalue weighted by Crippen LogP contribution is 2.25. The molecular formula is C7H7ClO2. The molecule has 0 saturated carbocycles. The van der Waals surface area contributed by atoms with Crippen LogP contribution < -0.4 is 0 Å². The van der Waals surface area contributed by atoms with Crippen molar-refractivity contribution in [2.45, 2.75) is 5.88 Å². The van der Waals surface area contributed by atoms with Crippen molar-refractivity contribution < 1.29 is 10.2 Å². The van der Waals surface area contributed by atoms with Crippen molar-refractivity contribution in [2.75, 3.05) is 0 Å². The summed E-state index contributed by atoms with van der Waals surface area (Å²) in [4.78, 5) is 0. The van der Waals surface area contributed by atoms with Crippen LogP contribution in [0.15, 0.2) is 18.2 Å². The number of phenols is 2. The SMILES string of the molecule is Oc1ccc(CCl)cc1O. The molecule has 0 bridgehead atoms. The summed E-state index contributed by atoms with van der Waals surface area (Å²) in [5, 5.41) is 17.8. The Hall–Kier alpha value is -0.890. The van der Waals surface area contributed by atoms with Gasteiger partial charge in [0.05, 0.1) is 0 Å². The molecule has 2 N–H and O–H groups in total. The number of aromatic hydroxyl groups is 2. The molecule has 54 valence electrons. The maximum absolute atomic E-state index is 8.92. The molecule has 0 amide bonds. The average Bonchev–Trinajstić information content (AvgIpc) is 1.95. The summed E-state index contributed by atoms with van der Waals surface area (Å²) in [5.41, 5.74) is 0.789. The van der Waals surface area contributed by atoms with E-state index >= 15 is 0 Å². The van der Waals surface area contributed by atoms with Crippen LogP contribution in [0.3, 0.4) is 0 Å². The summed E-state index contributed by atoms with van der Waals surface area (Å²) >= 11 is 5.46. The lowest BCUT2D eigenvalue weighted by atomic mass is 10.2. The summed E-state index contributed by atoms with van der Waals surface area (Å²) in [6.07, 6.45) is 0. The third kappa shape index (κ3) is 1.33. The molecule has 2 nitrogen and oxygen atoms in total. The van der Waals surface area contributed by atoms with E-state index in [1.165, 1.54) is 12.1 Å². The molecular weight excluding hydrogens is 152 g/mol. The molecule has 0 unspecified atom stereocenters. The van der Waals surface area contributed by atoms with E-state index in [2.05, 4.69) is 0 Å². The summed E-state index contributed by atoms with van der Waals surface area (Å²) in [6, 6.07) is 4.50. The fourth-order valence-electron chi connectivity index (χ4n) is 0.652. The largest absolute Gasteiger partial charge is 0.504 e. The van der Waals surface area contributed by atoms with Gasteiger partial charge in [0.25, 0.3) is 0 Å². The first-order valence-electron chi connectivity index (χ1n) is 2.81. The van der Waals surface area contributed by atoms with Gasteiger partial charge in [-0.15, -0.1) is 11.6 Å². The Morgan fingerprint density at radius 3 is 2.40 bits per heavy atom. The molecule has 0 spiro atoms. The molecule has 0 atom stereocenters. The molecule has 0 saturated heterocycles. The highest BCUT2D eigenvalue weighted by Gasteiger charge is 1.97. The molecule has 0 heterocycles. The van der Waals surface area contributed by atoms with E-state index in [-0.39, 0.29) is 11.5 Å². The Morgan fingerprint density at radius 1 is 1.20 bits per heavy atom. The average molecular weight is 159 g/mol. The second kappa shape index (κ2) is 2.80. The monoisotopic (exact) mass is 158 g/mol. The molecule has 0 aromatic heterocycles. The molecule has 0 aliphatic rings. The number of phenolic OH excluding ortho intramolecular Hbond substituents is 2. The fraction of sp³-hybridized carbons (Fsp3) is 0.143. The molecule has 0 radical (unpaired) electrons. The van der Waals surface area contributed by atoms with Crippen molar-refractivity contribution in [1.29, 1.82) is 0 Å². The number of halogens is 1. The minimum Gasteiger partial charge on any atom is -0.504 e. The maximum Gasteiger partial charge on any atom is 0.157 e. The van der Waals surface area contributed by atoms with E-state index in [4.69, 9.17) is 21.8 Å². The zero-order valence-electron chi connectivity index (χ0n) is 5.21. The van der Waals surface area contributed by atoms with E-state index in [1.54, 1.807) is 6.07 Å². The van der Waals surface area contributed by atoms with Gasteiger partial charge >= 0.3 is 0 Å². The van der Waals surface area contributed by atoms with Crippen LogP contribution in [-0.4, -0.2) is 10.2 Å². The van der Waals surface area contributed by atoms with Crippen LogP contribution in [0.1, 0.15) is 5.56 Å². The Bertz CT molecular complexity index is 235. The Morgan fingerprint density at radius 2 is 1.90 bits per heavy atom. The van der Waals surface area contributed by atoms with Crippen LogP contribution in [0, 0.1) is 0 Å². The maximum atomic E-state index is 8.92. The van der Waals surface area contributed by atoms with Crippen LogP contribution in [0.4, 0.5) is 0 Å². The van der Waals surface area contributed by atoms with E-state index in [0.717, 1.165) is 5.56 Å². The number of rotatable bonds is 1. The van der Waals surface area contributed by atoms with Crippen LogP contribution in [0.5, 0.6) is 11.5 Å². The zero-order valence-corrected chi connectivity index (χ0v) is 5.97. The molecule has 1 aromatic carbocycles. The molecule has 0 aliphatic heterocycles. The molecule has 10 heavy (non-hydrogen) atoms. The third-order valence-corrected chi connectivity index (χ3v) is 1.50. The van der Waals surface area contributed by atoms with Gasteiger partial charge < -0.3 is 10.2 Å². The number of hydrogen-bond acceptors (Lipinski definition) is 2. The second-order valence-electron chi connectivity index (χ2n) is 1.96. The normalized spacial score (nSPS) is 9.70. The van der Waals surface area contributed by atoms with Crippen LogP contribution >= 0.6 is 11.6 Å². The van der Waals surface area contributed by atoms with Gasteiger partial charge in [-0.1, -0.05) is 6.07 Å². The van der Waals surface area contributed by atoms with Gasteiger partial charge in [0.2, 0.25) is 0 Å². The van der Waals surface area contributed by atoms with Crippen molar-refractivity contribution >= 4 is 11.6 Å². The van der Waals surface area contributed by atoms with Crippen molar-refractivity contribution in [2.24, 2.45) is 0 Å². The molecule has 1 rings (SSSR count). The van der Waals surface area contributed by atoms with Crippen molar-refractivity contribution in [3.05, 3.63) is 23.8 Å². The van der Waals surface area contributed by atoms with Gasteiger partial charge in [-0.2, -0.15) is 0 Å². The highest BCUT2D eigenvalue weighted by atomic mass is 35.5. The van der Waals surface area contributed by atoms with Gasteiger partial charge in [0.1, 0.15) is 0 Å². The quantitative estimate of drug-likeness (QED) is 0.484. The van der Waals surface area contributed by atoms with E-state index in [0.29, 0.717) is 5.88 Å². The van der Waals surface area contributed by atoms with Crippen molar-refractivity contribution in [3.63, 3.8) is 0 Å². The molecule has 0 aliphatic carbocycles. The standard InChI is InChI=1S/C7H7ClO2/c8-4-5-1-2-6(9)7(10)3-5/h1-3,9-10H,4H2. The smallest absolute Gasteiger partial charge is 0.157 e. The lowest BCUT2D eigenvalue weighted by Crippen LogP contribution is -1.75. The number of benzene rings is 1. The topological polar surface area (TPSA) is 40.5 Å². The van der Waals surface area contributed by atoms with Crippen LogP contribution in [0.25, 0.3) is 0 Å². The summed E-state index contributed by atoms with van der Waals surface area (Å²) in [6.45, 7) is 0. The first-order chi connectivity index (χ1) is 4.74. The van der Waals surface area contributed by atoms with Crippen LogP contribution in [-0.2, 0) is 5.88 Å². The molecule has 1 aromatic rings. The van der Waals surface area contributed by atoms with Crippen molar-refractivity contribution in [1.82, 2.24) is 0 Å². The Labute approximate surface area is 63.7 Å². The van der Waals surface area contributed by atoms with Crippen LogP contribution in [0.2, 0.25) is 0 Å². The minimum absolute atomic E-state index is 0.117. The minimum atomic E-state index is -0.127. The lowest BCUT2D eigenvalue weighted by Gasteiger charge is -1.97. The molecule has 3 heteroatoms. The first-order valence-corrected chi connectivity index (χ1v) is 3.34.